The van der Waals surface area contributed by atoms with Crippen LogP contribution < -0.4 is 4.90 Å². The van der Waals surface area contributed by atoms with Crippen molar-refractivity contribution in [3.63, 3.8) is 0 Å². The molecule has 9 aromatic rings. The Labute approximate surface area is 362 Å². The standard InChI is InChI=1S/C60H42N2/c1-38-12-3-2-4-14-47(38)51-19-11-18-49(58(51)41-22-23-41)40-28-32-46(33-29-40)61(45-30-26-39(27-31-45)42-24-25-44-36-43-13-5-6-15-48(43)54(44)37-42)57-35-34-52-50-16-7-9-20-55(50)62-56-21-10-8-17-53(56)59(57)60(52)62/h2-3,6-8,10-12,14-19,21,24-35,37,41H,5,13,22-23,36H2,1H3. The Hall–Kier alpha value is -7.56. The molecular weight excluding hydrogens is 749 g/mol. The molecule has 0 atom stereocenters. The predicted molar refractivity (Wildman–Crippen MR) is 260 cm³/mol. The van der Waals surface area contributed by atoms with Crippen molar-refractivity contribution in [3.8, 4) is 22.3 Å². The Balaban J connectivity index is 0.974. The summed E-state index contributed by atoms with van der Waals surface area (Å²) in [5.41, 5.74) is 26.5. The molecule has 2 aromatic heterocycles. The minimum atomic E-state index is 0.571. The maximum atomic E-state index is 3.47. The van der Waals surface area contributed by atoms with E-state index in [1.807, 2.05) is 12.1 Å². The van der Waals surface area contributed by atoms with Gasteiger partial charge in [0.15, 0.2) is 0 Å². The Morgan fingerprint density at radius 1 is 0.677 bits per heavy atom. The van der Waals surface area contributed by atoms with E-state index in [2.05, 4.69) is 192 Å². The molecule has 1 saturated carbocycles. The van der Waals surface area contributed by atoms with Crippen LogP contribution in [0.3, 0.4) is 0 Å². The van der Waals surface area contributed by atoms with Gasteiger partial charge in [-0.25, -0.2) is 0 Å². The second kappa shape index (κ2) is 13.7. The Morgan fingerprint density at radius 3 is 2.34 bits per heavy atom. The smallest absolute Gasteiger partial charge is 0.105 e. The molecule has 0 bridgehead atoms. The summed E-state index contributed by atoms with van der Waals surface area (Å²) in [6.45, 7) is 2.22. The van der Waals surface area contributed by atoms with E-state index < -0.39 is 0 Å². The van der Waals surface area contributed by atoms with Crippen LogP contribution in [0.15, 0.2) is 187 Å². The van der Waals surface area contributed by atoms with Gasteiger partial charge < -0.3 is 9.30 Å². The van der Waals surface area contributed by atoms with Crippen LogP contribution in [0, 0.1) is 12.1 Å². The van der Waals surface area contributed by atoms with Gasteiger partial charge in [0.1, 0.15) is 5.52 Å². The first-order valence-corrected chi connectivity index (χ1v) is 22.1. The number of hydrogen-bond acceptors (Lipinski definition) is 1. The van der Waals surface area contributed by atoms with Crippen LogP contribution in [0.2, 0.25) is 0 Å². The third-order valence-electron chi connectivity index (χ3n) is 13.9. The van der Waals surface area contributed by atoms with Gasteiger partial charge in [-0.15, -0.1) is 5.73 Å². The lowest BCUT2D eigenvalue weighted by Gasteiger charge is -2.27. The highest BCUT2D eigenvalue weighted by atomic mass is 15.1. The third-order valence-corrected chi connectivity index (χ3v) is 13.9. The summed E-state index contributed by atoms with van der Waals surface area (Å²) in [5.74, 6) is 0.571. The molecule has 0 aliphatic heterocycles. The zero-order valence-corrected chi connectivity index (χ0v) is 34.7. The number of allylic oxidation sites excluding steroid dienone is 9. The van der Waals surface area contributed by atoms with Crippen molar-refractivity contribution in [1.29, 1.82) is 0 Å². The average molecular weight is 791 g/mol. The summed E-state index contributed by atoms with van der Waals surface area (Å²) in [4.78, 5) is 2.47. The number of aromatic nitrogens is 1. The number of rotatable bonds is 7. The van der Waals surface area contributed by atoms with Crippen LogP contribution in [0.4, 0.5) is 17.1 Å². The highest BCUT2D eigenvalue weighted by molar-refractivity contribution is 6.27. The average Bonchev–Trinajstić information content (AvgIpc) is 3.97. The second-order valence-electron chi connectivity index (χ2n) is 17.5. The molecule has 1 fully saturated rings. The fourth-order valence-electron chi connectivity index (χ4n) is 10.8. The minimum Gasteiger partial charge on any atom is -0.310 e. The van der Waals surface area contributed by atoms with Gasteiger partial charge in [0.05, 0.1) is 16.7 Å². The van der Waals surface area contributed by atoms with E-state index in [1.165, 1.54) is 113 Å². The highest BCUT2D eigenvalue weighted by Crippen LogP contribution is 2.50. The molecule has 4 aliphatic carbocycles. The topological polar surface area (TPSA) is 7.65 Å². The van der Waals surface area contributed by atoms with Crippen molar-refractivity contribution in [2.24, 2.45) is 0 Å². The first-order chi connectivity index (χ1) is 30.7. The number of anilines is 3. The monoisotopic (exact) mass is 790 g/mol. The molecule has 2 nitrogen and oxygen atoms in total. The number of nitrogens with zero attached hydrogens (tertiary/aromatic N) is 2. The predicted octanol–water partition coefficient (Wildman–Crippen LogP) is 15.8. The van der Waals surface area contributed by atoms with Crippen LogP contribution in [0.25, 0.3) is 71.5 Å². The summed E-state index contributed by atoms with van der Waals surface area (Å²) in [7, 11) is 0. The van der Waals surface area contributed by atoms with E-state index in [4.69, 9.17) is 0 Å². The summed E-state index contributed by atoms with van der Waals surface area (Å²) in [6.07, 6.45) is 19.0. The van der Waals surface area contributed by atoms with E-state index >= 15 is 0 Å². The molecular formula is C60H42N2. The van der Waals surface area contributed by atoms with Crippen LogP contribution in [-0.2, 0) is 6.42 Å². The van der Waals surface area contributed by atoms with Gasteiger partial charge in [0.2, 0.25) is 0 Å². The van der Waals surface area contributed by atoms with Crippen molar-refractivity contribution in [2.45, 2.75) is 44.9 Å². The number of benzene rings is 6. The summed E-state index contributed by atoms with van der Waals surface area (Å²) in [6, 6.07) is 56.9. The lowest BCUT2D eigenvalue weighted by atomic mass is 9.87. The quantitative estimate of drug-likeness (QED) is 0.146. The normalized spacial score (nSPS) is 15.6. The first kappa shape index (κ1) is 35.2. The zero-order valence-electron chi connectivity index (χ0n) is 34.7. The van der Waals surface area contributed by atoms with E-state index in [1.54, 1.807) is 5.57 Å². The summed E-state index contributed by atoms with van der Waals surface area (Å²) in [5, 5.41) is 4.91. The molecule has 0 spiro atoms. The Kier molecular flexibility index (Phi) is 7.80. The molecule has 0 amide bonds. The van der Waals surface area contributed by atoms with E-state index in [0.29, 0.717) is 5.92 Å². The van der Waals surface area contributed by atoms with Crippen molar-refractivity contribution >= 4 is 66.3 Å². The van der Waals surface area contributed by atoms with Crippen molar-refractivity contribution in [1.82, 2.24) is 4.40 Å². The Morgan fingerprint density at radius 2 is 1.48 bits per heavy atom. The van der Waals surface area contributed by atoms with Gasteiger partial charge in [0.25, 0.3) is 0 Å². The van der Waals surface area contributed by atoms with Gasteiger partial charge in [-0.05, 0) is 179 Å². The molecule has 2 heterocycles. The molecule has 0 radical (unpaired) electrons. The number of para-hydroxylation sites is 1. The largest absolute Gasteiger partial charge is 0.310 e. The molecule has 62 heavy (non-hydrogen) atoms. The van der Waals surface area contributed by atoms with Gasteiger partial charge in [-0.3, -0.25) is 0 Å². The molecule has 7 aromatic carbocycles. The van der Waals surface area contributed by atoms with Crippen molar-refractivity contribution in [3.05, 3.63) is 221 Å². The van der Waals surface area contributed by atoms with Gasteiger partial charge in [0, 0.05) is 32.9 Å². The maximum absolute atomic E-state index is 3.47. The van der Waals surface area contributed by atoms with Crippen LogP contribution in [0.5, 0.6) is 0 Å². The van der Waals surface area contributed by atoms with E-state index in [9.17, 15) is 0 Å². The third kappa shape index (κ3) is 5.39. The highest BCUT2D eigenvalue weighted by Gasteiger charge is 2.30. The van der Waals surface area contributed by atoms with Crippen molar-refractivity contribution < 1.29 is 0 Å². The lowest BCUT2D eigenvalue weighted by molar-refractivity contribution is 0.935. The van der Waals surface area contributed by atoms with Gasteiger partial charge in [-0.2, -0.15) is 0 Å². The SMILES string of the molecule is CC1=C(c2cccc(-c3ccc(N(c4ccc(-c5ccc6c(c5)C5=C(CCC=C5)C6)cc4)c4ccc5c6ccc#cc6n6c7ccccc7c4c56)cc3)c2C2CC2)C=C=CC=C1. The van der Waals surface area contributed by atoms with Crippen LogP contribution >= 0.6 is 0 Å². The van der Waals surface area contributed by atoms with Gasteiger partial charge >= 0.3 is 0 Å². The van der Waals surface area contributed by atoms with E-state index in [0.717, 1.165) is 35.4 Å². The molecule has 13 rings (SSSR count). The lowest BCUT2D eigenvalue weighted by Crippen LogP contribution is -2.10. The fourth-order valence-corrected chi connectivity index (χ4v) is 10.8. The summed E-state index contributed by atoms with van der Waals surface area (Å²) >= 11 is 0. The van der Waals surface area contributed by atoms with Gasteiger partial charge in [-0.1, -0.05) is 115 Å². The summed E-state index contributed by atoms with van der Waals surface area (Å²) < 4.78 is 2.40. The molecule has 0 unspecified atom stereocenters. The number of hydrogen-bond donors (Lipinski definition) is 0. The van der Waals surface area contributed by atoms with E-state index in [-0.39, 0.29) is 0 Å². The minimum absolute atomic E-state index is 0.571. The molecule has 292 valence electrons. The fraction of sp³-hybridized carbons (Fsp3) is 0.117. The van der Waals surface area contributed by atoms with Crippen LogP contribution in [-0.4, -0.2) is 4.40 Å². The zero-order chi connectivity index (χ0) is 40.9. The van der Waals surface area contributed by atoms with Crippen molar-refractivity contribution in [2.75, 3.05) is 4.90 Å². The molecule has 0 N–H and O–H groups in total. The molecule has 0 saturated heterocycles. The maximum Gasteiger partial charge on any atom is 0.105 e. The first-order valence-electron chi connectivity index (χ1n) is 22.1. The molecule has 2 heteroatoms. The Bertz CT molecular complexity index is 3520. The number of fused-ring (bicyclic) bond motifs is 8. The molecule has 4 aliphatic rings. The second-order valence-corrected chi connectivity index (χ2v) is 17.5. The van der Waals surface area contributed by atoms with Crippen LogP contribution in [0.1, 0.15) is 60.8 Å².